The summed E-state index contributed by atoms with van der Waals surface area (Å²) in [5.74, 6) is 1.81. The molecule has 3 rings (SSSR count). The number of nitrogens with one attached hydrogen (secondary N) is 2. The fourth-order valence-electron chi connectivity index (χ4n) is 2.27. The summed E-state index contributed by atoms with van der Waals surface area (Å²) in [6.45, 7) is 4.26. The van der Waals surface area contributed by atoms with Gasteiger partial charge in [0.2, 0.25) is 5.91 Å². The summed E-state index contributed by atoms with van der Waals surface area (Å²) < 4.78 is 5.12. The van der Waals surface area contributed by atoms with Crippen molar-refractivity contribution in [2.75, 3.05) is 33.4 Å². The summed E-state index contributed by atoms with van der Waals surface area (Å²) in [6, 6.07) is 3.83. The van der Waals surface area contributed by atoms with Crippen molar-refractivity contribution >= 4 is 40.3 Å². The highest BCUT2D eigenvalue weighted by atomic mass is 32.1. The average molecular weight is 337 g/mol. The lowest BCUT2D eigenvalue weighted by atomic mass is 9.91. The number of rotatable bonds is 1. The second-order valence-corrected chi connectivity index (χ2v) is 6.63. The van der Waals surface area contributed by atoms with Gasteiger partial charge in [-0.2, -0.15) is 0 Å². The second kappa shape index (κ2) is 8.31. The van der Waals surface area contributed by atoms with E-state index >= 15 is 0 Å². The lowest BCUT2D eigenvalue weighted by molar-refractivity contribution is -0.888. The first-order valence-electron chi connectivity index (χ1n) is 7.15. The smallest absolute Gasteiger partial charge is 0.226 e. The molecule has 1 aromatic heterocycles. The number of hydrogen-bond acceptors (Lipinski definition) is 4. The zero-order valence-electron chi connectivity index (χ0n) is 12.4. The molecule has 118 valence electrons. The van der Waals surface area contributed by atoms with Gasteiger partial charge in [-0.25, -0.2) is 0 Å². The van der Waals surface area contributed by atoms with Gasteiger partial charge in [-0.15, -0.1) is 11.3 Å². The van der Waals surface area contributed by atoms with E-state index in [4.69, 9.17) is 22.4 Å². The minimum Gasteiger partial charge on any atom is -0.763 e. The van der Waals surface area contributed by atoms with Gasteiger partial charge < -0.3 is 20.4 Å². The summed E-state index contributed by atoms with van der Waals surface area (Å²) in [4.78, 5) is 14.2. The molecular formula is C15H19N3O2S2. The number of quaternary nitrogens is 1. The van der Waals surface area contributed by atoms with Gasteiger partial charge >= 0.3 is 0 Å². The Labute approximate surface area is 139 Å². The molecule has 2 saturated heterocycles. The number of hydrogen-bond donors (Lipinski definition) is 2. The zero-order chi connectivity index (χ0) is 15.9. The Hall–Kier alpha value is -1.37. The molecule has 7 heteroatoms. The van der Waals surface area contributed by atoms with Crippen molar-refractivity contribution in [3.8, 4) is 0 Å². The van der Waals surface area contributed by atoms with Gasteiger partial charge in [-0.1, -0.05) is 18.3 Å². The zero-order valence-corrected chi connectivity index (χ0v) is 14.1. The Morgan fingerprint density at radius 2 is 2.23 bits per heavy atom. The van der Waals surface area contributed by atoms with Crippen LogP contribution in [0.3, 0.4) is 0 Å². The van der Waals surface area contributed by atoms with Crippen molar-refractivity contribution in [3.05, 3.63) is 33.4 Å². The first kappa shape index (κ1) is 17.0. The monoisotopic (exact) mass is 337 g/mol. The molecule has 0 saturated carbocycles. The predicted octanol–water partition coefficient (Wildman–Crippen LogP) is 0.376. The lowest BCUT2D eigenvalue weighted by Crippen LogP contribution is -3.11. The van der Waals surface area contributed by atoms with Crippen LogP contribution in [0.4, 0.5) is 0 Å². The van der Waals surface area contributed by atoms with E-state index in [2.05, 4.69) is 18.2 Å². The van der Waals surface area contributed by atoms with Gasteiger partial charge in [-0.05, 0) is 11.4 Å². The highest BCUT2D eigenvalue weighted by molar-refractivity contribution is 7.80. The third-order valence-corrected chi connectivity index (χ3v) is 4.90. The summed E-state index contributed by atoms with van der Waals surface area (Å²) in [5, 5.41) is 13.4. The van der Waals surface area contributed by atoms with E-state index in [-0.39, 0.29) is 16.8 Å². The van der Waals surface area contributed by atoms with E-state index in [1.54, 1.807) is 16.2 Å². The van der Waals surface area contributed by atoms with Gasteiger partial charge in [0.15, 0.2) is 0 Å². The summed E-state index contributed by atoms with van der Waals surface area (Å²) in [6.07, 6.45) is 0.309. The molecule has 5 nitrogen and oxygen atoms in total. The van der Waals surface area contributed by atoms with Crippen molar-refractivity contribution in [2.24, 2.45) is 0 Å². The molecule has 2 fully saturated rings. The Bertz CT molecular complexity index is 574. The number of carbonyl (C=O) groups is 1. The number of piperidine rings is 1. The maximum absolute atomic E-state index is 11.3. The summed E-state index contributed by atoms with van der Waals surface area (Å²) in [5.41, 5.74) is 0.493. The number of morpholine rings is 1. The Balaban J connectivity index is 0.000000211. The van der Waals surface area contributed by atoms with Crippen LogP contribution in [0.2, 0.25) is 0 Å². The SMILES string of the molecule is C[NH+]1CCOCC1.[N-]=C=C1C(=S)NC(=O)CC1c1cccs1. The number of ether oxygens (including phenoxy) is 1. The summed E-state index contributed by atoms with van der Waals surface area (Å²) >= 11 is 6.51. The average Bonchev–Trinajstić information content (AvgIpc) is 3.02. The number of carbonyl (C=O) groups excluding carboxylic acids is 1. The quantitative estimate of drug-likeness (QED) is 0.442. The molecule has 2 N–H and O–H groups in total. The van der Waals surface area contributed by atoms with Gasteiger partial charge in [0.05, 0.1) is 20.3 Å². The molecule has 1 aromatic rings. The number of amides is 1. The van der Waals surface area contributed by atoms with Crippen molar-refractivity contribution in [1.29, 1.82) is 0 Å². The predicted molar refractivity (Wildman–Crippen MR) is 91.7 cm³/mol. The molecule has 1 amide bonds. The number of thiocarbonyl (C=S) groups is 1. The molecule has 2 aliphatic rings. The van der Waals surface area contributed by atoms with E-state index < -0.39 is 0 Å². The normalized spacial score (nSPS) is 22.4. The van der Waals surface area contributed by atoms with E-state index in [1.807, 2.05) is 17.5 Å². The molecular weight excluding hydrogens is 318 g/mol. The standard InChI is InChI=1S/C10H7N2OS2.C5H11NO/c11-5-7-6(8-2-1-3-15-8)4-9(13)12-10(7)14;1-6-2-4-7-5-3-6/h1-3,6H,4H2,(H,12,13,14);2-5H2,1H3/q-1;/p+1. The molecule has 0 spiro atoms. The van der Waals surface area contributed by atoms with Crippen LogP contribution in [0.25, 0.3) is 5.41 Å². The largest absolute Gasteiger partial charge is 0.763 e. The Morgan fingerprint density at radius 3 is 2.73 bits per heavy atom. The van der Waals surface area contributed by atoms with Gasteiger partial charge in [0, 0.05) is 22.8 Å². The molecule has 3 heterocycles. The summed E-state index contributed by atoms with van der Waals surface area (Å²) in [7, 11) is 2.20. The fourth-order valence-corrected chi connectivity index (χ4v) is 3.41. The molecule has 0 aliphatic carbocycles. The maximum atomic E-state index is 11.3. The Kier molecular flexibility index (Phi) is 6.42. The van der Waals surface area contributed by atoms with Crippen LogP contribution >= 0.6 is 23.6 Å². The van der Waals surface area contributed by atoms with E-state index in [1.165, 1.54) is 13.1 Å². The van der Waals surface area contributed by atoms with Crippen LogP contribution in [0.15, 0.2) is 23.1 Å². The van der Waals surface area contributed by atoms with Crippen molar-refractivity contribution < 1.29 is 14.4 Å². The van der Waals surface area contributed by atoms with Crippen molar-refractivity contribution in [2.45, 2.75) is 12.3 Å². The number of thiophene rings is 1. The maximum Gasteiger partial charge on any atom is 0.226 e. The first-order chi connectivity index (χ1) is 10.6. The topological polar surface area (TPSA) is 65.1 Å². The van der Waals surface area contributed by atoms with Gasteiger partial charge in [0.1, 0.15) is 18.1 Å². The van der Waals surface area contributed by atoms with Crippen LogP contribution in [0, 0.1) is 0 Å². The lowest BCUT2D eigenvalue weighted by Gasteiger charge is -2.24. The van der Waals surface area contributed by atoms with Crippen LogP contribution in [-0.2, 0) is 9.53 Å². The molecule has 0 radical (unpaired) electrons. The minimum absolute atomic E-state index is 0.114. The van der Waals surface area contributed by atoms with E-state index in [0.29, 0.717) is 12.0 Å². The number of likely N-dealkylation sites (N-methyl/N-ethyl adjacent to an activating group) is 1. The molecule has 0 aromatic carbocycles. The number of nitrogens with zero attached hydrogens (tertiary/aromatic N) is 1. The molecule has 0 bridgehead atoms. The highest BCUT2D eigenvalue weighted by Gasteiger charge is 2.28. The molecule has 2 aliphatic heterocycles. The van der Waals surface area contributed by atoms with Crippen LogP contribution in [0.1, 0.15) is 17.2 Å². The minimum atomic E-state index is -0.156. The molecule has 1 atom stereocenters. The van der Waals surface area contributed by atoms with Crippen LogP contribution < -0.4 is 10.2 Å². The van der Waals surface area contributed by atoms with Crippen molar-refractivity contribution in [1.82, 2.24) is 5.32 Å². The second-order valence-electron chi connectivity index (χ2n) is 5.24. The molecule has 1 unspecified atom stereocenters. The van der Waals surface area contributed by atoms with E-state index in [9.17, 15) is 4.79 Å². The third-order valence-electron chi connectivity index (χ3n) is 3.59. The van der Waals surface area contributed by atoms with E-state index in [0.717, 1.165) is 18.1 Å². The van der Waals surface area contributed by atoms with Crippen LogP contribution in [-0.4, -0.2) is 50.1 Å². The third kappa shape index (κ3) is 4.56. The Morgan fingerprint density at radius 1 is 1.50 bits per heavy atom. The van der Waals surface area contributed by atoms with Crippen molar-refractivity contribution in [3.63, 3.8) is 0 Å². The van der Waals surface area contributed by atoms with Crippen LogP contribution in [0.5, 0.6) is 0 Å². The fraction of sp³-hybridized carbons (Fsp3) is 0.467. The first-order valence-corrected chi connectivity index (χ1v) is 8.44. The highest BCUT2D eigenvalue weighted by Crippen LogP contribution is 2.32. The van der Waals surface area contributed by atoms with Gasteiger partial charge in [0.25, 0.3) is 0 Å². The molecule has 22 heavy (non-hydrogen) atoms. The van der Waals surface area contributed by atoms with Gasteiger partial charge in [-0.3, -0.25) is 10.7 Å².